The van der Waals surface area contributed by atoms with Crippen LogP contribution in [0.15, 0.2) is 72.3 Å². The van der Waals surface area contributed by atoms with Gasteiger partial charge in [-0.3, -0.25) is 9.88 Å². The van der Waals surface area contributed by atoms with Crippen molar-refractivity contribution in [3.05, 3.63) is 77.9 Å². The second kappa shape index (κ2) is 8.78. The lowest BCUT2D eigenvalue weighted by Crippen LogP contribution is -2.47. The molecule has 0 bridgehead atoms. The molecule has 3 aromatic rings. The Balaban J connectivity index is 1.76. The molecular formula is C22H22N6O3. The van der Waals surface area contributed by atoms with Gasteiger partial charge in [0.1, 0.15) is 5.69 Å². The maximum absolute atomic E-state index is 12.9. The van der Waals surface area contributed by atoms with Gasteiger partial charge in [-0.25, -0.2) is 14.3 Å². The molecule has 2 amide bonds. The lowest BCUT2D eigenvalue weighted by molar-refractivity contribution is -0.139. The van der Waals surface area contributed by atoms with Crippen molar-refractivity contribution in [1.82, 2.24) is 30.2 Å². The van der Waals surface area contributed by atoms with Gasteiger partial charge in [-0.15, -0.1) is 5.10 Å². The van der Waals surface area contributed by atoms with Crippen LogP contribution in [0.25, 0.3) is 11.3 Å². The third-order valence-electron chi connectivity index (χ3n) is 5.01. The number of rotatable bonds is 6. The lowest BCUT2D eigenvalue weighted by Gasteiger charge is -2.34. The van der Waals surface area contributed by atoms with Gasteiger partial charge in [0.25, 0.3) is 0 Å². The van der Waals surface area contributed by atoms with E-state index >= 15 is 0 Å². The first-order chi connectivity index (χ1) is 15.1. The summed E-state index contributed by atoms with van der Waals surface area (Å²) >= 11 is 0. The Morgan fingerprint density at radius 2 is 2.00 bits per heavy atom. The largest absolute Gasteiger partial charge is 0.463 e. The summed E-state index contributed by atoms with van der Waals surface area (Å²) in [6, 6.07) is 12.1. The molecule has 1 aromatic carbocycles. The van der Waals surface area contributed by atoms with Crippen LogP contribution in [0.1, 0.15) is 18.5 Å². The maximum Gasteiger partial charge on any atom is 0.338 e. The van der Waals surface area contributed by atoms with E-state index in [1.54, 1.807) is 37.2 Å². The highest BCUT2D eigenvalue weighted by Crippen LogP contribution is 2.31. The van der Waals surface area contributed by atoms with Crippen LogP contribution in [0.5, 0.6) is 0 Å². The first-order valence-corrected chi connectivity index (χ1v) is 9.88. The molecule has 9 nitrogen and oxygen atoms in total. The normalized spacial score (nSPS) is 16.3. The SMILES string of the molecule is CCOC(=O)C1=C(Cn2cc(-c3cccnc3)nn2)N(C)C(=O)NC1c1ccccc1. The third kappa shape index (κ3) is 4.16. The van der Waals surface area contributed by atoms with Gasteiger partial charge in [-0.1, -0.05) is 35.5 Å². The third-order valence-corrected chi connectivity index (χ3v) is 5.01. The number of carbonyl (C=O) groups is 2. The van der Waals surface area contributed by atoms with E-state index in [0.717, 1.165) is 11.1 Å². The van der Waals surface area contributed by atoms with Gasteiger partial charge in [0.05, 0.1) is 36.7 Å². The highest BCUT2D eigenvalue weighted by Gasteiger charge is 2.36. The van der Waals surface area contributed by atoms with E-state index in [1.165, 1.54) is 4.90 Å². The average molecular weight is 418 g/mol. The molecule has 1 N–H and O–H groups in total. The number of hydrogen-bond donors (Lipinski definition) is 1. The Morgan fingerprint density at radius 1 is 1.19 bits per heavy atom. The van der Waals surface area contributed by atoms with Crippen molar-refractivity contribution in [2.45, 2.75) is 19.5 Å². The summed E-state index contributed by atoms with van der Waals surface area (Å²) in [5.41, 5.74) is 3.13. The van der Waals surface area contributed by atoms with Gasteiger partial charge in [0.2, 0.25) is 0 Å². The molecule has 9 heteroatoms. The second-order valence-corrected chi connectivity index (χ2v) is 6.98. The van der Waals surface area contributed by atoms with Gasteiger partial charge in [-0.05, 0) is 24.6 Å². The van der Waals surface area contributed by atoms with Gasteiger partial charge in [0.15, 0.2) is 0 Å². The summed E-state index contributed by atoms with van der Waals surface area (Å²) < 4.78 is 6.92. The Bertz CT molecular complexity index is 1110. The number of carbonyl (C=O) groups excluding carboxylic acids is 2. The van der Waals surface area contributed by atoms with E-state index < -0.39 is 12.0 Å². The molecule has 3 heterocycles. The van der Waals surface area contributed by atoms with Gasteiger partial charge >= 0.3 is 12.0 Å². The minimum absolute atomic E-state index is 0.175. The topological polar surface area (TPSA) is 102 Å². The fourth-order valence-corrected chi connectivity index (χ4v) is 3.47. The van der Waals surface area contributed by atoms with Gasteiger partial charge in [-0.2, -0.15) is 0 Å². The molecule has 0 radical (unpaired) electrons. The molecular weight excluding hydrogens is 396 g/mol. The molecule has 0 spiro atoms. The Kier molecular flexibility index (Phi) is 5.74. The van der Waals surface area contributed by atoms with Crippen molar-refractivity contribution < 1.29 is 14.3 Å². The minimum atomic E-state index is -0.625. The van der Waals surface area contributed by atoms with Crippen molar-refractivity contribution in [2.24, 2.45) is 0 Å². The predicted molar refractivity (Wildman–Crippen MR) is 112 cm³/mol. The molecule has 2 aromatic heterocycles. The summed E-state index contributed by atoms with van der Waals surface area (Å²) in [4.78, 5) is 31.2. The Labute approximate surface area is 179 Å². The van der Waals surface area contributed by atoms with Gasteiger partial charge in [0, 0.05) is 25.0 Å². The fourth-order valence-electron chi connectivity index (χ4n) is 3.47. The van der Waals surface area contributed by atoms with Gasteiger partial charge < -0.3 is 10.1 Å². The van der Waals surface area contributed by atoms with E-state index in [1.807, 2.05) is 42.5 Å². The smallest absolute Gasteiger partial charge is 0.338 e. The van der Waals surface area contributed by atoms with Crippen LogP contribution in [-0.4, -0.2) is 50.5 Å². The van der Waals surface area contributed by atoms with Crippen LogP contribution in [0, 0.1) is 0 Å². The van der Waals surface area contributed by atoms with Crippen molar-refractivity contribution in [3.8, 4) is 11.3 Å². The van der Waals surface area contributed by atoms with E-state index in [2.05, 4.69) is 20.6 Å². The number of nitrogens with one attached hydrogen (secondary N) is 1. The molecule has 1 atom stereocenters. The highest BCUT2D eigenvalue weighted by molar-refractivity contribution is 5.95. The standard InChI is InChI=1S/C22H22N6O3/c1-3-31-21(29)19-18(14-28-13-17(25-26-28)16-10-7-11-23-12-16)27(2)22(30)24-20(19)15-8-5-4-6-9-15/h4-13,20H,3,14H2,1-2H3,(H,24,30). The van der Waals surface area contributed by atoms with Crippen LogP contribution < -0.4 is 5.32 Å². The van der Waals surface area contributed by atoms with E-state index in [4.69, 9.17) is 4.74 Å². The van der Waals surface area contributed by atoms with Crippen LogP contribution in [0.2, 0.25) is 0 Å². The van der Waals surface area contributed by atoms with E-state index in [0.29, 0.717) is 17.0 Å². The Morgan fingerprint density at radius 3 is 2.71 bits per heavy atom. The highest BCUT2D eigenvalue weighted by atomic mass is 16.5. The summed E-state index contributed by atoms with van der Waals surface area (Å²) in [6.07, 6.45) is 5.14. The van der Waals surface area contributed by atoms with Crippen molar-refractivity contribution >= 4 is 12.0 Å². The fraction of sp³-hybridized carbons (Fsp3) is 0.227. The summed E-state index contributed by atoms with van der Waals surface area (Å²) in [7, 11) is 1.62. The number of amides is 2. The zero-order valence-corrected chi connectivity index (χ0v) is 17.2. The predicted octanol–water partition coefficient (Wildman–Crippen LogP) is 2.55. The molecule has 0 saturated carbocycles. The number of ether oxygens (including phenoxy) is 1. The maximum atomic E-state index is 12.9. The number of benzene rings is 1. The number of nitrogens with zero attached hydrogens (tertiary/aromatic N) is 5. The number of urea groups is 1. The number of allylic oxidation sites excluding steroid dienone is 1. The Hall–Kier alpha value is -4.01. The van der Waals surface area contributed by atoms with Crippen LogP contribution >= 0.6 is 0 Å². The monoisotopic (exact) mass is 418 g/mol. The quantitative estimate of drug-likeness (QED) is 0.617. The second-order valence-electron chi connectivity index (χ2n) is 6.98. The van der Waals surface area contributed by atoms with Crippen LogP contribution in [0.3, 0.4) is 0 Å². The molecule has 1 aliphatic rings. The molecule has 1 unspecified atom stereocenters. The molecule has 0 saturated heterocycles. The van der Waals surface area contributed by atoms with Crippen molar-refractivity contribution in [1.29, 1.82) is 0 Å². The van der Waals surface area contributed by atoms with E-state index in [9.17, 15) is 9.59 Å². The molecule has 158 valence electrons. The summed E-state index contributed by atoms with van der Waals surface area (Å²) in [5.74, 6) is -0.481. The van der Waals surface area contributed by atoms with Crippen molar-refractivity contribution in [3.63, 3.8) is 0 Å². The molecule has 4 rings (SSSR count). The average Bonchev–Trinajstić information content (AvgIpc) is 3.27. The summed E-state index contributed by atoms with van der Waals surface area (Å²) in [6.45, 7) is 2.15. The first kappa shape index (κ1) is 20.3. The summed E-state index contributed by atoms with van der Waals surface area (Å²) in [5, 5.41) is 11.3. The minimum Gasteiger partial charge on any atom is -0.463 e. The van der Waals surface area contributed by atoms with Crippen LogP contribution in [-0.2, 0) is 16.1 Å². The number of aromatic nitrogens is 4. The number of hydrogen-bond acceptors (Lipinski definition) is 6. The molecule has 0 aliphatic carbocycles. The van der Waals surface area contributed by atoms with Crippen LogP contribution in [0.4, 0.5) is 4.79 Å². The zero-order chi connectivity index (χ0) is 21.8. The van der Waals surface area contributed by atoms with E-state index in [-0.39, 0.29) is 19.2 Å². The molecule has 31 heavy (non-hydrogen) atoms. The number of esters is 1. The zero-order valence-electron chi connectivity index (χ0n) is 17.2. The molecule has 0 fully saturated rings. The number of likely N-dealkylation sites (N-methyl/N-ethyl adjacent to an activating group) is 1. The first-order valence-electron chi connectivity index (χ1n) is 9.88. The lowest BCUT2D eigenvalue weighted by atomic mass is 9.94. The number of pyridine rings is 1. The molecule has 1 aliphatic heterocycles. The van der Waals surface area contributed by atoms with Crippen molar-refractivity contribution in [2.75, 3.05) is 13.7 Å².